The summed E-state index contributed by atoms with van der Waals surface area (Å²) in [5.41, 5.74) is 0.439. The minimum Gasteiger partial charge on any atom is -0.481 e. The summed E-state index contributed by atoms with van der Waals surface area (Å²) >= 11 is 0. The Morgan fingerprint density at radius 1 is 1.53 bits per heavy atom. The zero-order valence-electron chi connectivity index (χ0n) is 9.04. The number of ether oxygens (including phenoxy) is 1. The summed E-state index contributed by atoms with van der Waals surface area (Å²) in [5.74, 6) is 0.615. The molecular formula is C9H10N6O2. The van der Waals surface area contributed by atoms with Gasteiger partial charge >= 0.3 is 0 Å². The Balaban J connectivity index is 1.95. The number of tetrazole rings is 1. The molecule has 88 valence electrons. The fourth-order valence-electron chi connectivity index (χ4n) is 1.15. The van der Waals surface area contributed by atoms with E-state index < -0.39 is 0 Å². The van der Waals surface area contributed by atoms with Crippen molar-refractivity contribution >= 4 is 5.91 Å². The van der Waals surface area contributed by atoms with Gasteiger partial charge in [-0.1, -0.05) is 5.21 Å². The summed E-state index contributed by atoms with van der Waals surface area (Å²) < 4.78 is 4.89. The summed E-state index contributed by atoms with van der Waals surface area (Å²) in [4.78, 5) is 15.6. The van der Waals surface area contributed by atoms with E-state index in [9.17, 15) is 4.79 Å². The molecule has 0 fully saturated rings. The topological polar surface area (TPSA) is 106 Å². The number of H-pyrrole nitrogens is 1. The second-order valence-corrected chi connectivity index (χ2v) is 3.10. The zero-order valence-corrected chi connectivity index (χ0v) is 9.04. The summed E-state index contributed by atoms with van der Waals surface area (Å²) in [6, 6.07) is 3.24. The minimum absolute atomic E-state index is 0.210. The lowest BCUT2D eigenvalue weighted by atomic mass is 10.2. The number of aromatic nitrogens is 5. The van der Waals surface area contributed by atoms with Crippen molar-refractivity contribution in [3.8, 4) is 5.88 Å². The number of methoxy groups -OCH3 is 1. The highest BCUT2D eigenvalue weighted by atomic mass is 16.5. The smallest absolute Gasteiger partial charge is 0.253 e. The molecule has 0 unspecified atom stereocenters. The molecular weight excluding hydrogens is 224 g/mol. The molecule has 0 aromatic carbocycles. The van der Waals surface area contributed by atoms with Crippen molar-refractivity contribution in [1.82, 2.24) is 30.9 Å². The van der Waals surface area contributed by atoms with Crippen molar-refractivity contribution in [2.75, 3.05) is 7.11 Å². The van der Waals surface area contributed by atoms with E-state index in [-0.39, 0.29) is 12.5 Å². The molecule has 8 nitrogen and oxygen atoms in total. The van der Waals surface area contributed by atoms with Crippen LogP contribution >= 0.6 is 0 Å². The van der Waals surface area contributed by atoms with Crippen molar-refractivity contribution in [2.45, 2.75) is 6.54 Å². The van der Waals surface area contributed by atoms with Crippen LogP contribution in [0.15, 0.2) is 18.3 Å². The molecule has 0 radical (unpaired) electrons. The molecule has 0 aliphatic carbocycles. The molecule has 17 heavy (non-hydrogen) atoms. The molecule has 0 saturated heterocycles. The molecule has 8 heteroatoms. The Morgan fingerprint density at radius 2 is 2.41 bits per heavy atom. The van der Waals surface area contributed by atoms with Crippen LogP contribution in [0.25, 0.3) is 0 Å². The number of carbonyl (C=O) groups is 1. The number of pyridine rings is 1. The lowest BCUT2D eigenvalue weighted by Gasteiger charge is -2.03. The molecule has 0 aliphatic heterocycles. The maximum Gasteiger partial charge on any atom is 0.253 e. The van der Waals surface area contributed by atoms with Crippen LogP contribution in [0.4, 0.5) is 0 Å². The highest BCUT2D eigenvalue weighted by Crippen LogP contribution is 2.06. The summed E-state index contributed by atoms with van der Waals surface area (Å²) in [5, 5.41) is 15.7. The molecule has 1 amide bonds. The first-order chi connectivity index (χ1) is 8.29. The van der Waals surface area contributed by atoms with Crippen LogP contribution in [-0.4, -0.2) is 38.6 Å². The molecule has 2 rings (SSSR count). The van der Waals surface area contributed by atoms with Crippen LogP contribution in [0.5, 0.6) is 5.88 Å². The van der Waals surface area contributed by atoms with Gasteiger partial charge in [0.1, 0.15) is 0 Å². The number of carbonyl (C=O) groups excluding carboxylic acids is 1. The Bertz CT molecular complexity index is 481. The molecule has 0 saturated carbocycles. The van der Waals surface area contributed by atoms with Gasteiger partial charge < -0.3 is 10.1 Å². The number of nitrogens with zero attached hydrogens (tertiary/aromatic N) is 4. The number of hydrogen-bond acceptors (Lipinski definition) is 6. The molecule has 2 aromatic heterocycles. The highest BCUT2D eigenvalue weighted by molar-refractivity contribution is 5.93. The molecule has 2 heterocycles. The monoisotopic (exact) mass is 234 g/mol. The third-order valence-corrected chi connectivity index (χ3v) is 2.00. The van der Waals surface area contributed by atoms with Crippen molar-refractivity contribution in [3.63, 3.8) is 0 Å². The first-order valence-electron chi connectivity index (χ1n) is 4.80. The molecule has 2 N–H and O–H groups in total. The van der Waals surface area contributed by atoms with Gasteiger partial charge in [0.25, 0.3) is 5.91 Å². The Kier molecular flexibility index (Phi) is 3.24. The van der Waals surface area contributed by atoms with Gasteiger partial charge in [-0.05, 0) is 6.07 Å². The zero-order chi connectivity index (χ0) is 12.1. The molecule has 0 atom stereocenters. The van der Waals surface area contributed by atoms with Crippen molar-refractivity contribution in [3.05, 3.63) is 29.7 Å². The molecule has 0 bridgehead atoms. The van der Waals surface area contributed by atoms with Crippen molar-refractivity contribution in [1.29, 1.82) is 0 Å². The average molecular weight is 234 g/mol. The predicted octanol–water partition coefficient (Wildman–Crippen LogP) is -0.467. The van der Waals surface area contributed by atoms with Gasteiger partial charge in [-0.15, -0.1) is 10.2 Å². The van der Waals surface area contributed by atoms with E-state index in [1.807, 2.05) is 0 Å². The second kappa shape index (κ2) is 5.01. The SMILES string of the molecule is COc1ccc(C(=O)NCc2nn[nH]n2)cn1. The summed E-state index contributed by atoms with van der Waals surface area (Å²) in [6.45, 7) is 0.210. The third-order valence-electron chi connectivity index (χ3n) is 2.00. The lowest BCUT2D eigenvalue weighted by Crippen LogP contribution is -2.23. The van der Waals surface area contributed by atoms with Crippen LogP contribution in [0.3, 0.4) is 0 Å². The fraction of sp³-hybridized carbons (Fsp3) is 0.222. The number of nitrogens with one attached hydrogen (secondary N) is 2. The van der Waals surface area contributed by atoms with Gasteiger partial charge in [-0.3, -0.25) is 4.79 Å². The average Bonchev–Trinajstić information content (AvgIpc) is 2.89. The van der Waals surface area contributed by atoms with Gasteiger partial charge in [-0.25, -0.2) is 4.98 Å². The maximum absolute atomic E-state index is 11.7. The number of aromatic amines is 1. The molecule has 2 aromatic rings. The van der Waals surface area contributed by atoms with E-state index in [1.165, 1.54) is 13.3 Å². The largest absolute Gasteiger partial charge is 0.481 e. The minimum atomic E-state index is -0.259. The van der Waals surface area contributed by atoms with Crippen LogP contribution in [0, 0.1) is 0 Å². The number of amides is 1. The van der Waals surface area contributed by atoms with E-state index in [0.29, 0.717) is 17.3 Å². The van der Waals surface area contributed by atoms with Gasteiger partial charge in [0.2, 0.25) is 5.88 Å². The normalized spacial score (nSPS) is 9.94. The molecule has 0 aliphatic rings. The van der Waals surface area contributed by atoms with Crippen molar-refractivity contribution in [2.24, 2.45) is 0 Å². The fourth-order valence-corrected chi connectivity index (χ4v) is 1.15. The van der Waals surface area contributed by atoms with E-state index in [1.54, 1.807) is 12.1 Å². The molecule has 0 spiro atoms. The van der Waals surface area contributed by atoms with Crippen LogP contribution in [-0.2, 0) is 6.54 Å². The second-order valence-electron chi connectivity index (χ2n) is 3.10. The lowest BCUT2D eigenvalue weighted by molar-refractivity contribution is 0.0949. The summed E-state index contributed by atoms with van der Waals surface area (Å²) in [7, 11) is 1.51. The van der Waals surface area contributed by atoms with E-state index >= 15 is 0 Å². The van der Waals surface area contributed by atoms with Gasteiger partial charge in [0, 0.05) is 12.3 Å². The van der Waals surface area contributed by atoms with Gasteiger partial charge in [0.05, 0.1) is 19.2 Å². The van der Waals surface area contributed by atoms with Gasteiger partial charge in [-0.2, -0.15) is 5.21 Å². The van der Waals surface area contributed by atoms with Crippen molar-refractivity contribution < 1.29 is 9.53 Å². The first kappa shape index (κ1) is 11.0. The standard InChI is InChI=1S/C9H10N6O2/c1-17-8-3-2-6(4-10-8)9(16)11-5-7-12-14-15-13-7/h2-4H,5H2,1H3,(H,11,16)(H,12,13,14,15). The highest BCUT2D eigenvalue weighted by Gasteiger charge is 2.07. The maximum atomic E-state index is 11.7. The van der Waals surface area contributed by atoms with Crippen LogP contribution in [0.2, 0.25) is 0 Å². The van der Waals surface area contributed by atoms with Gasteiger partial charge in [0.15, 0.2) is 5.82 Å². The van der Waals surface area contributed by atoms with E-state index in [0.717, 1.165) is 0 Å². The predicted molar refractivity (Wildman–Crippen MR) is 56.1 cm³/mol. The number of rotatable bonds is 4. The summed E-state index contributed by atoms with van der Waals surface area (Å²) in [6.07, 6.45) is 1.43. The van der Waals surface area contributed by atoms with E-state index in [2.05, 4.69) is 30.9 Å². The quantitative estimate of drug-likeness (QED) is 0.741. The van der Waals surface area contributed by atoms with Crippen LogP contribution in [0.1, 0.15) is 16.2 Å². The first-order valence-corrected chi connectivity index (χ1v) is 4.80. The Labute approximate surface area is 96.4 Å². The Hall–Kier alpha value is -2.51. The van der Waals surface area contributed by atoms with Crippen LogP contribution < -0.4 is 10.1 Å². The third kappa shape index (κ3) is 2.74. The Morgan fingerprint density at radius 3 is 3.00 bits per heavy atom. The van der Waals surface area contributed by atoms with E-state index in [4.69, 9.17) is 4.74 Å². The number of hydrogen-bond donors (Lipinski definition) is 2.